The summed E-state index contributed by atoms with van der Waals surface area (Å²) in [6, 6.07) is 0. The first-order chi connectivity index (χ1) is 7.64. The average Bonchev–Trinajstić information content (AvgIpc) is 3.01. The third kappa shape index (κ3) is 7.17. The Bertz CT molecular complexity index is 178. The van der Waals surface area contributed by atoms with Crippen LogP contribution in [-0.2, 0) is 18.9 Å². The van der Waals surface area contributed by atoms with Crippen molar-refractivity contribution in [2.75, 3.05) is 46.2 Å². The van der Waals surface area contributed by atoms with Crippen LogP contribution in [0.2, 0.25) is 0 Å². The summed E-state index contributed by atoms with van der Waals surface area (Å²) in [5.41, 5.74) is 0.0567. The van der Waals surface area contributed by atoms with Crippen molar-refractivity contribution in [3.63, 3.8) is 0 Å². The van der Waals surface area contributed by atoms with E-state index in [0.717, 1.165) is 13.2 Å². The van der Waals surface area contributed by atoms with Crippen molar-refractivity contribution in [3.05, 3.63) is 0 Å². The minimum atomic E-state index is 0.0567. The maximum absolute atomic E-state index is 5.56. The highest BCUT2D eigenvalue weighted by atomic mass is 16.6. The molecule has 0 aromatic rings. The van der Waals surface area contributed by atoms with E-state index in [1.54, 1.807) is 0 Å². The Morgan fingerprint density at radius 1 is 1.12 bits per heavy atom. The van der Waals surface area contributed by atoms with E-state index in [-0.39, 0.29) is 5.41 Å². The molecule has 0 aliphatic carbocycles. The minimum absolute atomic E-state index is 0.0567. The van der Waals surface area contributed by atoms with E-state index in [9.17, 15) is 0 Å². The number of epoxide rings is 1. The summed E-state index contributed by atoms with van der Waals surface area (Å²) >= 11 is 0. The second-order valence-electron chi connectivity index (χ2n) is 4.88. The van der Waals surface area contributed by atoms with Crippen LogP contribution in [0.4, 0.5) is 0 Å². The third-order valence-electron chi connectivity index (χ3n) is 2.27. The molecule has 1 aliphatic rings. The number of ether oxygens (including phenoxy) is 4. The first-order valence-corrected chi connectivity index (χ1v) is 5.99. The molecule has 96 valence electrons. The molecule has 0 radical (unpaired) electrons. The Morgan fingerprint density at radius 3 is 2.38 bits per heavy atom. The lowest BCUT2D eigenvalue weighted by Crippen LogP contribution is -2.27. The van der Waals surface area contributed by atoms with Gasteiger partial charge in [-0.2, -0.15) is 0 Å². The Morgan fingerprint density at radius 2 is 1.75 bits per heavy atom. The zero-order valence-electron chi connectivity index (χ0n) is 10.7. The van der Waals surface area contributed by atoms with Crippen molar-refractivity contribution < 1.29 is 18.9 Å². The quantitative estimate of drug-likeness (QED) is 0.422. The fourth-order valence-corrected chi connectivity index (χ4v) is 1.28. The molecule has 16 heavy (non-hydrogen) atoms. The molecule has 0 aromatic heterocycles. The molecule has 1 fully saturated rings. The molecule has 0 bridgehead atoms. The van der Waals surface area contributed by atoms with Crippen molar-refractivity contribution in [2.24, 2.45) is 5.41 Å². The molecule has 4 heteroatoms. The predicted octanol–water partition coefficient (Wildman–Crippen LogP) is 1.48. The molecule has 0 spiro atoms. The maximum Gasteiger partial charge on any atom is 0.104 e. The van der Waals surface area contributed by atoms with Gasteiger partial charge >= 0.3 is 0 Å². The molecule has 1 unspecified atom stereocenters. The normalized spacial score (nSPS) is 20.1. The van der Waals surface area contributed by atoms with E-state index in [4.69, 9.17) is 18.9 Å². The van der Waals surface area contributed by atoms with Gasteiger partial charge in [0.05, 0.1) is 39.6 Å². The minimum Gasteiger partial charge on any atom is -0.379 e. The number of rotatable bonds is 10. The standard InChI is InChI=1S/C12H24O4/c1-4-13-5-6-14-9-12(2,3)10-15-7-11-8-16-11/h11H,4-10H2,1-3H3. The van der Waals surface area contributed by atoms with Gasteiger partial charge in [-0.05, 0) is 6.92 Å². The lowest BCUT2D eigenvalue weighted by atomic mass is 9.96. The van der Waals surface area contributed by atoms with E-state index in [1.165, 1.54) is 0 Å². The van der Waals surface area contributed by atoms with E-state index < -0.39 is 0 Å². The van der Waals surface area contributed by atoms with Crippen molar-refractivity contribution in [1.29, 1.82) is 0 Å². The second kappa shape index (κ2) is 7.22. The zero-order valence-corrected chi connectivity index (χ0v) is 10.7. The van der Waals surface area contributed by atoms with Crippen LogP contribution in [0.15, 0.2) is 0 Å². The Balaban J connectivity index is 1.93. The summed E-state index contributed by atoms with van der Waals surface area (Å²) in [5, 5.41) is 0. The molecule has 0 N–H and O–H groups in total. The van der Waals surface area contributed by atoms with Gasteiger partial charge in [0.1, 0.15) is 6.10 Å². The molecular weight excluding hydrogens is 208 g/mol. The van der Waals surface area contributed by atoms with Crippen LogP contribution in [0.3, 0.4) is 0 Å². The molecule has 0 amide bonds. The highest BCUT2D eigenvalue weighted by Gasteiger charge is 2.25. The third-order valence-corrected chi connectivity index (χ3v) is 2.27. The summed E-state index contributed by atoms with van der Waals surface area (Å²) in [5.74, 6) is 0. The van der Waals surface area contributed by atoms with Gasteiger partial charge in [0, 0.05) is 12.0 Å². The largest absolute Gasteiger partial charge is 0.379 e. The van der Waals surface area contributed by atoms with Crippen molar-refractivity contribution in [1.82, 2.24) is 0 Å². The fraction of sp³-hybridized carbons (Fsp3) is 1.00. The summed E-state index contributed by atoms with van der Waals surface area (Å²) in [6.45, 7) is 11.3. The summed E-state index contributed by atoms with van der Waals surface area (Å²) in [4.78, 5) is 0. The second-order valence-corrected chi connectivity index (χ2v) is 4.88. The van der Waals surface area contributed by atoms with Crippen LogP contribution in [0.5, 0.6) is 0 Å². The molecular formula is C12H24O4. The molecule has 1 rings (SSSR count). The van der Waals surface area contributed by atoms with Gasteiger partial charge in [-0.15, -0.1) is 0 Å². The fourth-order valence-electron chi connectivity index (χ4n) is 1.28. The first kappa shape index (κ1) is 13.9. The molecule has 1 atom stereocenters. The predicted molar refractivity (Wildman–Crippen MR) is 61.7 cm³/mol. The van der Waals surface area contributed by atoms with Crippen molar-refractivity contribution in [2.45, 2.75) is 26.9 Å². The summed E-state index contributed by atoms with van der Waals surface area (Å²) in [7, 11) is 0. The average molecular weight is 232 g/mol. The van der Waals surface area contributed by atoms with Crippen LogP contribution in [0.1, 0.15) is 20.8 Å². The zero-order chi connectivity index (χ0) is 11.9. The van der Waals surface area contributed by atoms with Gasteiger partial charge < -0.3 is 18.9 Å². The first-order valence-electron chi connectivity index (χ1n) is 5.99. The Hall–Kier alpha value is -0.160. The molecule has 1 heterocycles. The monoisotopic (exact) mass is 232 g/mol. The van der Waals surface area contributed by atoms with Gasteiger partial charge in [0.25, 0.3) is 0 Å². The lowest BCUT2D eigenvalue weighted by molar-refractivity contribution is -0.0224. The maximum atomic E-state index is 5.56. The number of hydrogen-bond donors (Lipinski definition) is 0. The molecule has 4 nitrogen and oxygen atoms in total. The van der Waals surface area contributed by atoms with Crippen LogP contribution < -0.4 is 0 Å². The van der Waals surface area contributed by atoms with Gasteiger partial charge in [-0.1, -0.05) is 13.8 Å². The van der Waals surface area contributed by atoms with E-state index in [2.05, 4.69) is 13.8 Å². The van der Waals surface area contributed by atoms with Gasteiger partial charge in [-0.25, -0.2) is 0 Å². The van der Waals surface area contributed by atoms with Crippen LogP contribution >= 0.6 is 0 Å². The SMILES string of the molecule is CCOCCOCC(C)(C)COCC1CO1. The van der Waals surface area contributed by atoms with Crippen LogP contribution in [0.25, 0.3) is 0 Å². The van der Waals surface area contributed by atoms with Gasteiger partial charge in [0.2, 0.25) is 0 Å². The highest BCUT2D eigenvalue weighted by molar-refractivity contribution is 4.70. The molecule has 0 saturated carbocycles. The summed E-state index contributed by atoms with van der Waals surface area (Å²) in [6.07, 6.45) is 0.342. The molecule has 1 saturated heterocycles. The van der Waals surface area contributed by atoms with Crippen LogP contribution in [-0.4, -0.2) is 52.4 Å². The smallest absolute Gasteiger partial charge is 0.104 e. The lowest BCUT2D eigenvalue weighted by Gasteiger charge is -2.24. The van der Waals surface area contributed by atoms with Gasteiger partial charge in [0.15, 0.2) is 0 Å². The van der Waals surface area contributed by atoms with Crippen molar-refractivity contribution >= 4 is 0 Å². The van der Waals surface area contributed by atoms with Gasteiger partial charge in [-0.3, -0.25) is 0 Å². The van der Waals surface area contributed by atoms with Crippen molar-refractivity contribution in [3.8, 4) is 0 Å². The number of hydrogen-bond acceptors (Lipinski definition) is 4. The van der Waals surface area contributed by atoms with E-state index >= 15 is 0 Å². The molecule has 0 aromatic carbocycles. The van der Waals surface area contributed by atoms with E-state index in [0.29, 0.717) is 39.1 Å². The Labute approximate surface area is 98.2 Å². The Kier molecular flexibility index (Phi) is 6.28. The highest BCUT2D eigenvalue weighted by Crippen LogP contribution is 2.17. The topological polar surface area (TPSA) is 40.2 Å². The van der Waals surface area contributed by atoms with Crippen LogP contribution in [0, 0.1) is 5.41 Å². The molecule has 1 aliphatic heterocycles. The van der Waals surface area contributed by atoms with E-state index in [1.807, 2.05) is 6.92 Å². The summed E-state index contributed by atoms with van der Waals surface area (Å²) < 4.78 is 21.4.